The number of piperidine rings is 1. The van der Waals surface area contributed by atoms with Gasteiger partial charge < -0.3 is 10.2 Å². The van der Waals surface area contributed by atoms with Gasteiger partial charge in [-0.15, -0.1) is 0 Å². The Balaban J connectivity index is 2.11. The molecule has 0 aromatic heterocycles. The van der Waals surface area contributed by atoms with Gasteiger partial charge >= 0.3 is 5.97 Å². The van der Waals surface area contributed by atoms with Crippen molar-refractivity contribution in [3.8, 4) is 5.75 Å². The third kappa shape index (κ3) is 3.01. The summed E-state index contributed by atoms with van der Waals surface area (Å²) in [6.45, 7) is 1.68. The summed E-state index contributed by atoms with van der Waals surface area (Å²) in [6.07, 6.45) is 3.66. The Bertz CT molecular complexity index is 413. The van der Waals surface area contributed by atoms with Crippen LogP contribution in [0.2, 0.25) is 0 Å². The second-order valence-electron chi connectivity index (χ2n) is 4.78. The lowest BCUT2D eigenvalue weighted by atomic mass is 10.0. The number of rotatable bonds is 4. The molecule has 0 radical (unpaired) electrons. The molecule has 1 saturated heterocycles. The molecule has 2 rings (SSSR count). The van der Waals surface area contributed by atoms with Crippen LogP contribution in [0.3, 0.4) is 0 Å². The number of likely N-dealkylation sites (tertiary alicyclic amines) is 1. The van der Waals surface area contributed by atoms with E-state index in [1.807, 2.05) is 11.0 Å². The fraction of sp³-hybridized carbons (Fsp3) is 0.500. The van der Waals surface area contributed by atoms with Crippen molar-refractivity contribution in [2.75, 3.05) is 13.1 Å². The van der Waals surface area contributed by atoms with E-state index < -0.39 is 12.0 Å². The summed E-state index contributed by atoms with van der Waals surface area (Å²) >= 11 is 0. The zero-order valence-electron chi connectivity index (χ0n) is 10.4. The molecule has 0 bridgehead atoms. The number of hydrogen-bond donors (Lipinski definition) is 2. The number of phenols is 1. The van der Waals surface area contributed by atoms with Gasteiger partial charge in [0.25, 0.3) is 0 Å². The molecule has 0 spiro atoms. The molecule has 1 fully saturated rings. The van der Waals surface area contributed by atoms with Crippen LogP contribution in [0.5, 0.6) is 5.75 Å². The molecule has 2 N–H and O–H groups in total. The van der Waals surface area contributed by atoms with Gasteiger partial charge in [0.2, 0.25) is 0 Å². The highest BCUT2D eigenvalue weighted by molar-refractivity contribution is 5.74. The number of carboxylic acids is 1. The van der Waals surface area contributed by atoms with E-state index in [-0.39, 0.29) is 5.75 Å². The normalized spacial score (nSPS) is 18.4. The van der Waals surface area contributed by atoms with Gasteiger partial charge in [-0.1, -0.05) is 24.6 Å². The number of nitrogens with zero attached hydrogens (tertiary/aromatic N) is 1. The second kappa shape index (κ2) is 5.87. The lowest BCUT2D eigenvalue weighted by Crippen LogP contribution is -2.45. The minimum Gasteiger partial charge on any atom is -0.508 e. The number of carbonyl (C=O) groups is 1. The van der Waals surface area contributed by atoms with E-state index in [0.717, 1.165) is 25.9 Å². The van der Waals surface area contributed by atoms with Crippen LogP contribution in [-0.2, 0) is 11.2 Å². The summed E-state index contributed by atoms with van der Waals surface area (Å²) in [6, 6.07) is 6.43. The molecule has 0 saturated carbocycles. The third-order valence-corrected chi connectivity index (χ3v) is 3.52. The molecular weight excluding hydrogens is 230 g/mol. The average molecular weight is 249 g/mol. The maximum Gasteiger partial charge on any atom is 0.321 e. The number of aliphatic carboxylic acids is 1. The minimum atomic E-state index is -0.805. The molecule has 0 amide bonds. The standard InChI is InChI=1S/C14H19NO3/c16-13-7-3-2-6-11(13)10-12(14(17)18)15-8-4-1-5-9-15/h2-3,6-7,12,16H,1,4-5,8-10H2,(H,17,18). The minimum absolute atomic E-state index is 0.181. The van der Waals surface area contributed by atoms with E-state index in [4.69, 9.17) is 0 Å². The van der Waals surface area contributed by atoms with Gasteiger partial charge in [-0.3, -0.25) is 9.69 Å². The van der Waals surface area contributed by atoms with Gasteiger partial charge in [0, 0.05) is 6.42 Å². The van der Waals surface area contributed by atoms with E-state index in [0.29, 0.717) is 12.0 Å². The van der Waals surface area contributed by atoms with Crippen molar-refractivity contribution in [2.24, 2.45) is 0 Å². The lowest BCUT2D eigenvalue weighted by Gasteiger charge is -2.32. The van der Waals surface area contributed by atoms with E-state index in [9.17, 15) is 15.0 Å². The van der Waals surface area contributed by atoms with Crippen molar-refractivity contribution >= 4 is 5.97 Å². The van der Waals surface area contributed by atoms with Crippen molar-refractivity contribution in [1.82, 2.24) is 4.90 Å². The molecule has 1 aliphatic rings. The number of para-hydroxylation sites is 1. The highest BCUT2D eigenvalue weighted by Crippen LogP contribution is 2.21. The largest absolute Gasteiger partial charge is 0.508 e. The Kier molecular flexibility index (Phi) is 4.20. The van der Waals surface area contributed by atoms with Crippen LogP contribution in [0.1, 0.15) is 24.8 Å². The van der Waals surface area contributed by atoms with Crippen LogP contribution < -0.4 is 0 Å². The van der Waals surface area contributed by atoms with Crippen molar-refractivity contribution in [1.29, 1.82) is 0 Å². The molecule has 1 aromatic rings. The van der Waals surface area contributed by atoms with Gasteiger partial charge in [0.15, 0.2) is 0 Å². The number of phenolic OH excluding ortho intramolecular Hbond substituents is 1. The Morgan fingerprint density at radius 1 is 1.22 bits per heavy atom. The van der Waals surface area contributed by atoms with Gasteiger partial charge in [-0.2, -0.15) is 0 Å². The Hall–Kier alpha value is -1.55. The quantitative estimate of drug-likeness (QED) is 0.855. The molecule has 98 valence electrons. The molecular formula is C14H19NO3. The van der Waals surface area contributed by atoms with E-state index >= 15 is 0 Å². The highest BCUT2D eigenvalue weighted by Gasteiger charge is 2.27. The third-order valence-electron chi connectivity index (χ3n) is 3.52. The van der Waals surface area contributed by atoms with Gasteiger partial charge in [-0.25, -0.2) is 0 Å². The van der Waals surface area contributed by atoms with Crippen LogP contribution in [0.4, 0.5) is 0 Å². The van der Waals surface area contributed by atoms with Gasteiger partial charge in [0.05, 0.1) is 0 Å². The van der Waals surface area contributed by atoms with Crippen molar-refractivity contribution in [2.45, 2.75) is 31.7 Å². The van der Waals surface area contributed by atoms with Crippen LogP contribution in [-0.4, -0.2) is 40.2 Å². The van der Waals surface area contributed by atoms with Gasteiger partial charge in [0.1, 0.15) is 11.8 Å². The molecule has 1 aliphatic heterocycles. The molecule has 0 aliphatic carbocycles. The summed E-state index contributed by atoms with van der Waals surface area (Å²) in [4.78, 5) is 13.4. The monoisotopic (exact) mass is 249 g/mol. The first-order valence-corrected chi connectivity index (χ1v) is 6.42. The molecule has 4 heteroatoms. The summed E-state index contributed by atoms with van der Waals surface area (Å²) in [7, 11) is 0. The van der Waals surface area contributed by atoms with Gasteiger partial charge in [-0.05, 0) is 37.6 Å². The van der Waals surface area contributed by atoms with E-state index in [2.05, 4.69) is 0 Å². The van der Waals surface area contributed by atoms with Crippen LogP contribution in [0.25, 0.3) is 0 Å². The van der Waals surface area contributed by atoms with Crippen molar-refractivity contribution in [3.05, 3.63) is 29.8 Å². The Morgan fingerprint density at radius 2 is 1.89 bits per heavy atom. The summed E-state index contributed by atoms with van der Waals surface area (Å²) < 4.78 is 0. The van der Waals surface area contributed by atoms with Crippen molar-refractivity contribution < 1.29 is 15.0 Å². The molecule has 1 heterocycles. The van der Waals surface area contributed by atoms with E-state index in [1.54, 1.807) is 18.2 Å². The zero-order valence-corrected chi connectivity index (χ0v) is 10.4. The molecule has 18 heavy (non-hydrogen) atoms. The smallest absolute Gasteiger partial charge is 0.321 e. The fourth-order valence-electron chi connectivity index (χ4n) is 2.49. The molecule has 1 aromatic carbocycles. The van der Waals surface area contributed by atoms with Crippen LogP contribution >= 0.6 is 0 Å². The molecule has 1 unspecified atom stereocenters. The van der Waals surface area contributed by atoms with E-state index in [1.165, 1.54) is 6.42 Å². The second-order valence-corrected chi connectivity index (χ2v) is 4.78. The van der Waals surface area contributed by atoms with Crippen LogP contribution in [0.15, 0.2) is 24.3 Å². The topological polar surface area (TPSA) is 60.8 Å². The number of carboxylic acid groups (broad SMARTS) is 1. The summed E-state index contributed by atoms with van der Waals surface area (Å²) in [5.41, 5.74) is 0.704. The molecule has 4 nitrogen and oxygen atoms in total. The number of aromatic hydroxyl groups is 1. The van der Waals surface area contributed by atoms with Crippen LogP contribution in [0, 0.1) is 0 Å². The maximum atomic E-state index is 11.4. The summed E-state index contributed by atoms with van der Waals surface area (Å²) in [5.74, 6) is -0.624. The maximum absolute atomic E-state index is 11.4. The number of benzene rings is 1. The first kappa shape index (κ1) is 12.9. The Labute approximate surface area is 107 Å². The summed E-state index contributed by atoms with van der Waals surface area (Å²) in [5, 5.41) is 19.1. The SMILES string of the molecule is O=C(O)C(Cc1ccccc1O)N1CCCCC1. The highest BCUT2D eigenvalue weighted by atomic mass is 16.4. The first-order valence-electron chi connectivity index (χ1n) is 6.42. The number of hydrogen-bond acceptors (Lipinski definition) is 3. The fourth-order valence-corrected chi connectivity index (χ4v) is 2.49. The first-order chi connectivity index (χ1) is 8.68. The lowest BCUT2D eigenvalue weighted by molar-refractivity contribution is -0.143. The average Bonchev–Trinajstić information content (AvgIpc) is 2.38. The molecule has 1 atom stereocenters. The Morgan fingerprint density at radius 3 is 2.50 bits per heavy atom. The van der Waals surface area contributed by atoms with Crippen molar-refractivity contribution in [3.63, 3.8) is 0 Å². The predicted molar refractivity (Wildman–Crippen MR) is 68.7 cm³/mol. The predicted octanol–water partition coefficient (Wildman–Crippen LogP) is 1.87. The zero-order chi connectivity index (χ0) is 13.0.